The molecule has 3 fully saturated rings. The quantitative estimate of drug-likeness (QED) is 0.310. The number of fused-ring (bicyclic) bond motifs is 5. The second-order valence-corrected chi connectivity index (χ2v) is 12.5. The van der Waals surface area contributed by atoms with E-state index in [0.29, 0.717) is 5.41 Å². The fraction of sp³-hybridized carbons (Fsp3) is 0.893. The highest BCUT2D eigenvalue weighted by Gasteiger charge is 2.59. The lowest BCUT2D eigenvalue weighted by molar-refractivity contribution is -0.0590. The minimum absolute atomic E-state index is 0.227. The molecule has 3 heteroatoms. The average Bonchev–Trinajstić information content (AvgIpc) is 3.05. The highest BCUT2D eigenvalue weighted by atomic mass is 19.1. The normalized spacial score (nSPS) is 42.9. The van der Waals surface area contributed by atoms with E-state index in [1.54, 1.807) is 0 Å². The molecule has 4 aliphatic carbocycles. The van der Waals surface area contributed by atoms with Crippen LogP contribution in [0.25, 0.3) is 0 Å². The predicted octanol–water partition coefficient (Wildman–Crippen LogP) is 8.50. The van der Waals surface area contributed by atoms with Crippen molar-refractivity contribution in [1.82, 2.24) is 0 Å². The molecular weight excluding hydrogens is 387 g/mol. The van der Waals surface area contributed by atoms with Gasteiger partial charge >= 0.3 is 6.22 Å². The van der Waals surface area contributed by atoms with Crippen LogP contribution in [-0.4, -0.2) is 12.3 Å². The molecule has 0 aromatic heterocycles. The van der Waals surface area contributed by atoms with Gasteiger partial charge in [0.1, 0.15) is 6.10 Å². The van der Waals surface area contributed by atoms with Crippen molar-refractivity contribution in [2.24, 2.45) is 46.3 Å². The van der Waals surface area contributed by atoms with Crippen molar-refractivity contribution in [3.05, 3.63) is 11.6 Å². The molecule has 176 valence electrons. The van der Waals surface area contributed by atoms with Crippen LogP contribution in [0.2, 0.25) is 0 Å². The second kappa shape index (κ2) is 8.82. The molecule has 0 amide bonds. The Morgan fingerprint density at radius 1 is 1.10 bits per heavy atom. The Labute approximate surface area is 189 Å². The number of ether oxygens (including phenoxy) is 1. The Bertz CT molecular complexity index is 699. The van der Waals surface area contributed by atoms with E-state index >= 15 is 0 Å². The lowest BCUT2D eigenvalue weighted by Gasteiger charge is -2.58. The first-order valence-electron chi connectivity index (χ1n) is 13.2. The van der Waals surface area contributed by atoms with Crippen LogP contribution in [0.15, 0.2) is 11.6 Å². The van der Waals surface area contributed by atoms with E-state index in [9.17, 15) is 9.18 Å². The van der Waals surface area contributed by atoms with E-state index < -0.39 is 6.22 Å². The largest absolute Gasteiger partial charge is 0.495 e. The predicted molar refractivity (Wildman–Crippen MR) is 124 cm³/mol. The van der Waals surface area contributed by atoms with Crippen LogP contribution in [0.5, 0.6) is 0 Å². The van der Waals surface area contributed by atoms with Gasteiger partial charge in [-0.3, -0.25) is 0 Å². The van der Waals surface area contributed by atoms with Crippen LogP contribution >= 0.6 is 0 Å². The van der Waals surface area contributed by atoms with Gasteiger partial charge in [0.2, 0.25) is 0 Å². The molecule has 8 atom stereocenters. The van der Waals surface area contributed by atoms with Crippen molar-refractivity contribution in [3.63, 3.8) is 0 Å². The van der Waals surface area contributed by atoms with Crippen molar-refractivity contribution in [2.75, 3.05) is 0 Å². The summed E-state index contributed by atoms with van der Waals surface area (Å²) in [5, 5.41) is 0. The van der Waals surface area contributed by atoms with Crippen LogP contribution < -0.4 is 0 Å². The molecule has 0 unspecified atom stereocenters. The van der Waals surface area contributed by atoms with Crippen molar-refractivity contribution < 1.29 is 13.9 Å². The molecule has 0 aliphatic heterocycles. The summed E-state index contributed by atoms with van der Waals surface area (Å²) in [6, 6.07) is 0. The van der Waals surface area contributed by atoms with Crippen LogP contribution in [0.3, 0.4) is 0 Å². The molecule has 0 radical (unpaired) electrons. The Hall–Kier alpha value is -0.860. The molecule has 4 rings (SSSR count). The Kier molecular flexibility index (Phi) is 6.63. The van der Waals surface area contributed by atoms with E-state index in [-0.39, 0.29) is 11.5 Å². The van der Waals surface area contributed by atoms with Gasteiger partial charge in [-0.15, -0.1) is 4.39 Å². The summed E-state index contributed by atoms with van der Waals surface area (Å²) in [6.07, 6.45) is 14.1. The zero-order valence-electron chi connectivity index (χ0n) is 20.6. The third kappa shape index (κ3) is 4.24. The van der Waals surface area contributed by atoms with Gasteiger partial charge in [0, 0.05) is 6.42 Å². The minimum Gasteiger partial charge on any atom is -0.437 e. The van der Waals surface area contributed by atoms with Crippen LogP contribution in [0.1, 0.15) is 105 Å². The third-order valence-electron chi connectivity index (χ3n) is 10.5. The Balaban J connectivity index is 1.47. The van der Waals surface area contributed by atoms with Crippen molar-refractivity contribution in [3.8, 4) is 0 Å². The summed E-state index contributed by atoms with van der Waals surface area (Å²) in [6.45, 7) is 12.3. The number of hydrogen-bond acceptors (Lipinski definition) is 2. The summed E-state index contributed by atoms with van der Waals surface area (Å²) in [4.78, 5) is 10.8. The SMILES string of the molecule is CC(C)CCC[C@H](C)[C@H]1CC[C@H]2[C@@H]3CC=C4C[C@H](OC(=O)F)CC[C@]4(C)[C@H]3CC[C@]12C. The van der Waals surface area contributed by atoms with Crippen molar-refractivity contribution in [1.29, 1.82) is 0 Å². The lowest BCUT2D eigenvalue weighted by atomic mass is 9.47. The van der Waals surface area contributed by atoms with Gasteiger partial charge < -0.3 is 4.74 Å². The number of carbonyl (C=O) groups excluding carboxylic acids is 1. The maximum atomic E-state index is 12.8. The zero-order chi connectivity index (χ0) is 22.4. The zero-order valence-corrected chi connectivity index (χ0v) is 20.6. The highest BCUT2D eigenvalue weighted by Crippen LogP contribution is 2.67. The number of hydrogen-bond donors (Lipinski definition) is 0. The monoisotopic (exact) mass is 432 g/mol. The molecular formula is C28H45FO2. The molecule has 0 N–H and O–H groups in total. The molecule has 0 heterocycles. The standard InChI is InChI=1S/C28H45FO2/c1-18(2)7-6-8-19(3)23-11-12-24-22-10-9-20-17-21(31-26(29)30)13-15-27(20,4)25(22)14-16-28(23,24)5/h9,18-19,21-25H,6-8,10-17H2,1-5H3/t19-,21+,22-,23+,24-,25-,27-,28+/m0/s1. The molecule has 0 aromatic rings. The molecule has 31 heavy (non-hydrogen) atoms. The first kappa shape index (κ1) is 23.3. The first-order chi connectivity index (χ1) is 14.6. The smallest absolute Gasteiger partial charge is 0.437 e. The maximum absolute atomic E-state index is 12.8. The summed E-state index contributed by atoms with van der Waals surface area (Å²) >= 11 is 0. The number of halogens is 1. The van der Waals surface area contributed by atoms with Gasteiger partial charge in [0.25, 0.3) is 0 Å². The minimum atomic E-state index is -1.61. The topological polar surface area (TPSA) is 26.3 Å². The van der Waals surface area contributed by atoms with Crippen LogP contribution in [0.4, 0.5) is 9.18 Å². The van der Waals surface area contributed by atoms with Crippen molar-refractivity contribution in [2.45, 2.75) is 111 Å². The average molecular weight is 433 g/mol. The second-order valence-electron chi connectivity index (χ2n) is 12.5. The number of allylic oxidation sites excluding steroid dienone is 1. The van der Waals surface area contributed by atoms with Gasteiger partial charge in [-0.1, -0.05) is 65.5 Å². The summed E-state index contributed by atoms with van der Waals surface area (Å²) < 4.78 is 17.7. The maximum Gasteiger partial charge on any atom is 0.495 e. The van der Waals surface area contributed by atoms with Gasteiger partial charge in [0.05, 0.1) is 0 Å². The van der Waals surface area contributed by atoms with E-state index in [4.69, 9.17) is 4.74 Å². The van der Waals surface area contributed by atoms with Gasteiger partial charge in [-0.25, -0.2) is 4.79 Å². The van der Waals surface area contributed by atoms with Gasteiger partial charge in [-0.2, -0.15) is 0 Å². The number of carbonyl (C=O) groups is 1. The van der Waals surface area contributed by atoms with Crippen LogP contribution in [0, 0.1) is 46.3 Å². The molecule has 0 spiro atoms. The summed E-state index contributed by atoms with van der Waals surface area (Å²) in [7, 11) is 0. The van der Waals surface area contributed by atoms with Crippen LogP contribution in [-0.2, 0) is 4.74 Å². The fourth-order valence-corrected chi connectivity index (χ4v) is 8.88. The Morgan fingerprint density at radius 2 is 1.87 bits per heavy atom. The van der Waals surface area contributed by atoms with Gasteiger partial charge in [0.15, 0.2) is 0 Å². The lowest BCUT2D eigenvalue weighted by Crippen LogP contribution is -2.51. The fourth-order valence-electron chi connectivity index (χ4n) is 8.88. The third-order valence-corrected chi connectivity index (χ3v) is 10.5. The highest BCUT2D eigenvalue weighted by molar-refractivity contribution is 5.58. The molecule has 4 aliphatic rings. The Morgan fingerprint density at radius 3 is 2.58 bits per heavy atom. The van der Waals surface area contributed by atoms with Gasteiger partial charge in [-0.05, 0) is 91.3 Å². The summed E-state index contributed by atoms with van der Waals surface area (Å²) in [5.41, 5.74) is 2.19. The van der Waals surface area contributed by atoms with E-state index in [0.717, 1.165) is 54.8 Å². The van der Waals surface area contributed by atoms with Crippen molar-refractivity contribution >= 4 is 6.22 Å². The molecule has 0 saturated heterocycles. The summed E-state index contributed by atoms with van der Waals surface area (Å²) in [5.74, 6) is 4.98. The molecule has 0 bridgehead atoms. The van der Waals surface area contributed by atoms with E-state index in [1.807, 2.05) is 0 Å². The molecule has 2 nitrogen and oxygen atoms in total. The number of rotatable bonds is 6. The first-order valence-corrected chi connectivity index (χ1v) is 13.2. The van der Waals surface area contributed by atoms with E-state index in [1.165, 1.54) is 56.9 Å². The van der Waals surface area contributed by atoms with E-state index in [2.05, 4.69) is 40.7 Å². The molecule has 0 aromatic carbocycles. The molecule has 3 saturated carbocycles.